The lowest BCUT2D eigenvalue weighted by molar-refractivity contribution is -0.140. The molecule has 0 radical (unpaired) electrons. The molecule has 0 bridgehead atoms. The van der Waals surface area contributed by atoms with Crippen LogP contribution >= 0.6 is 0 Å². The Morgan fingerprint density at radius 1 is 1.10 bits per heavy atom. The minimum atomic E-state index is -0.505. The molecule has 0 saturated carbocycles. The van der Waals surface area contributed by atoms with E-state index in [2.05, 4.69) is 5.48 Å². The van der Waals surface area contributed by atoms with Crippen molar-refractivity contribution in [2.45, 2.75) is 32.7 Å². The summed E-state index contributed by atoms with van der Waals surface area (Å²) in [5.74, 6) is 0.371. The molecular weight excluding hydrogens is 384 g/mol. The number of hydrogen-bond acceptors (Lipinski definition) is 5. The second kappa shape index (κ2) is 9.63. The molecule has 1 saturated heterocycles. The van der Waals surface area contributed by atoms with Gasteiger partial charge < -0.3 is 14.4 Å². The Balaban J connectivity index is 2.09. The average molecular weight is 412 g/mol. The van der Waals surface area contributed by atoms with Gasteiger partial charge >= 0.3 is 0 Å². The van der Waals surface area contributed by atoms with Crippen molar-refractivity contribution in [3.05, 3.63) is 53.6 Å². The molecule has 3 rings (SSSR count). The SMILES string of the molecule is CCONC(=O)[C@@H]1CCC(=O)N(c2ccc(C)cc2)[C@@H]1c1ccc(OC)c(OC)c1. The fraction of sp³-hybridized carbons (Fsp3) is 0.391. The van der Waals surface area contributed by atoms with E-state index < -0.39 is 12.0 Å². The van der Waals surface area contributed by atoms with Crippen LogP contribution in [0.1, 0.15) is 36.9 Å². The molecule has 7 nitrogen and oxygen atoms in total. The van der Waals surface area contributed by atoms with Crippen LogP contribution in [0, 0.1) is 12.8 Å². The third kappa shape index (κ3) is 4.41. The average Bonchev–Trinajstić information content (AvgIpc) is 2.77. The molecule has 2 aromatic carbocycles. The normalized spacial score (nSPS) is 18.8. The quantitative estimate of drug-likeness (QED) is 0.704. The molecule has 160 valence electrons. The van der Waals surface area contributed by atoms with E-state index in [1.54, 1.807) is 32.1 Å². The first-order chi connectivity index (χ1) is 14.5. The zero-order valence-corrected chi connectivity index (χ0v) is 17.8. The van der Waals surface area contributed by atoms with E-state index in [-0.39, 0.29) is 18.2 Å². The van der Waals surface area contributed by atoms with E-state index >= 15 is 0 Å². The molecule has 7 heteroatoms. The number of anilines is 1. The molecule has 30 heavy (non-hydrogen) atoms. The maximum absolute atomic E-state index is 13.0. The molecule has 0 spiro atoms. The summed E-state index contributed by atoms with van der Waals surface area (Å²) in [5, 5.41) is 0. The van der Waals surface area contributed by atoms with Crippen LogP contribution in [0.2, 0.25) is 0 Å². The van der Waals surface area contributed by atoms with Gasteiger partial charge in [-0.05, 0) is 50.1 Å². The number of carbonyl (C=O) groups excluding carboxylic acids is 2. The minimum absolute atomic E-state index is 0.0286. The van der Waals surface area contributed by atoms with Crippen molar-refractivity contribution in [2.75, 3.05) is 25.7 Å². The fourth-order valence-corrected chi connectivity index (χ4v) is 3.81. The highest BCUT2D eigenvalue weighted by atomic mass is 16.6. The molecule has 2 amide bonds. The lowest BCUT2D eigenvalue weighted by atomic mass is 9.83. The highest BCUT2D eigenvalue weighted by Crippen LogP contribution is 2.42. The molecule has 2 aromatic rings. The van der Waals surface area contributed by atoms with Crippen molar-refractivity contribution in [1.82, 2.24) is 5.48 Å². The predicted octanol–water partition coefficient (Wildman–Crippen LogP) is 3.56. The van der Waals surface area contributed by atoms with Crippen LogP contribution in [0.25, 0.3) is 0 Å². The van der Waals surface area contributed by atoms with E-state index in [0.717, 1.165) is 16.8 Å². The maximum Gasteiger partial charge on any atom is 0.249 e. The minimum Gasteiger partial charge on any atom is -0.493 e. The number of nitrogens with zero attached hydrogens (tertiary/aromatic N) is 1. The number of piperidine rings is 1. The number of carbonyl (C=O) groups is 2. The zero-order chi connectivity index (χ0) is 21.7. The second-order valence-corrected chi connectivity index (χ2v) is 7.20. The highest BCUT2D eigenvalue weighted by Gasteiger charge is 2.42. The van der Waals surface area contributed by atoms with Crippen LogP contribution in [0.3, 0.4) is 0 Å². The molecule has 0 aliphatic carbocycles. The zero-order valence-electron chi connectivity index (χ0n) is 17.8. The van der Waals surface area contributed by atoms with Crippen LogP contribution in [-0.4, -0.2) is 32.6 Å². The van der Waals surface area contributed by atoms with Crippen molar-refractivity contribution in [2.24, 2.45) is 5.92 Å². The summed E-state index contributed by atoms with van der Waals surface area (Å²) in [6.07, 6.45) is 0.709. The van der Waals surface area contributed by atoms with Crippen molar-refractivity contribution in [3.63, 3.8) is 0 Å². The van der Waals surface area contributed by atoms with Gasteiger partial charge in [0.2, 0.25) is 11.8 Å². The summed E-state index contributed by atoms with van der Waals surface area (Å²) in [6, 6.07) is 12.7. The summed E-state index contributed by atoms with van der Waals surface area (Å²) in [5.41, 5.74) is 5.15. The number of rotatable bonds is 7. The van der Waals surface area contributed by atoms with E-state index in [1.807, 2.05) is 43.3 Å². The molecular formula is C23H28N2O5. The number of hydrogen-bond donors (Lipinski definition) is 1. The van der Waals surface area contributed by atoms with Gasteiger partial charge in [0, 0.05) is 12.1 Å². The Kier molecular flexibility index (Phi) is 6.95. The number of ether oxygens (including phenoxy) is 2. The maximum atomic E-state index is 13.0. The van der Waals surface area contributed by atoms with E-state index in [0.29, 0.717) is 24.5 Å². The van der Waals surface area contributed by atoms with Crippen LogP contribution in [0.4, 0.5) is 5.69 Å². The van der Waals surface area contributed by atoms with Gasteiger partial charge in [0.05, 0.1) is 32.8 Å². The molecule has 1 N–H and O–H groups in total. The number of nitrogens with one attached hydrogen (secondary N) is 1. The van der Waals surface area contributed by atoms with Gasteiger partial charge in [-0.2, -0.15) is 0 Å². The number of hydroxylamine groups is 1. The smallest absolute Gasteiger partial charge is 0.249 e. The van der Waals surface area contributed by atoms with E-state index in [9.17, 15) is 9.59 Å². The van der Waals surface area contributed by atoms with Crippen LogP contribution in [-0.2, 0) is 14.4 Å². The van der Waals surface area contributed by atoms with Gasteiger partial charge in [0.1, 0.15) is 0 Å². The summed E-state index contributed by atoms with van der Waals surface area (Å²) < 4.78 is 10.8. The van der Waals surface area contributed by atoms with E-state index in [1.165, 1.54) is 0 Å². The number of benzene rings is 2. The monoisotopic (exact) mass is 412 g/mol. The van der Waals surface area contributed by atoms with E-state index in [4.69, 9.17) is 14.3 Å². The van der Waals surface area contributed by atoms with Gasteiger partial charge in [-0.15, -0.1) is 0 Å². The van der Waals surface area contributed by atoms with Crippen molar-refractivity contribution in [3.8, 4) is 11.5 Å². The molecule has 1 aliphatic rings. The largest absolute Gasteiger partial charge is 0.493 e. The third-order valence-electron chi connectivity index (χ3n) is 5.31. The fourth-order valence-electron chi connectivity index (χ4n) is 3.81. The lowest BCUT2D eigenvalue weighted by Gasteiger charge is -2.40. The Bertz CT molecular complexity index is 897. The lowest BCUT2D eigenvalue weighted by Crippen LogP contribution is -2.48. The summed E-state index contributed by atoms with van der Waals surface area (Å²) >= 11 is 0. The van der Waals surface area contributed by atoms with Crippen LogP contribution in [0.15, 0.2) is 42.5 Å². The molecule has 0 unspecified atom stereocenters. The first-order valence-corrected chi connectivity index (χ1v) is 10.0. The van der Waals surface area contributed by atoms with Crippen LogP contribution in [0.5, 0.6) is 11.5 Å². The molecule has 2 atom stereocenters. The topological polar surface area (TPSA) is 77.1 Å². The Morgan fingerprint density at radius 2 is 1.80 bits per heavy atom. The van der Waals surface area contributed by atoms with Crippen molar-refractivity contribution in [1.29, 1.82) is 0 Å². The standard InChI is InChI=1S/C23H28N2O5/c1-5-30-24-23(27)18-11-13-21(26)25(17-9-6-15(2)7-10-17)22(18)16-8-12-19(28-3)20(14-16)29-4/h6-10,12,14,18,22H,5,11,13H2,1-4H3,(H,24,27)/t18-,22-/m1/s1. The first kappa shape index (κ1) is 21.6. The second-order valence-electron chi connectivity index (χ2n) is 7.20. The van der Waals surface area contributed by atoms with Crippen molar-refractivity contribution >= 4 is 17.5 Å². The van der Waals surface area contributed by atoms with Crippen LogP contribution < -0.4 is 19.9 Å². The third-order valence-corrected chi connectivity index (χ3v) is 5.31. The van der Waals surface area contributed by atoms with Gasteiger partial charge in [0.15, 0.2) is 11.5 Å². The molecule has 1 aliphatic heterocycles. The summed E-state index contributed by atoms with van der Waals surface area (Å²) in [4.78, 5) is 32.8. The Hall–Kier alpha value is -3.06. The summed E-state index contributed by atoms with van der Waals surface area (Å²) in [7, 11) is 3.13. The van der Waals surface area contributed by atoms with Gasteiger partial charge in [-0.3, -0.25) is 14.4 Å². The van der Waals surface area contributed by atoms with Crippen molar-refractivity contribution < 1.29 is 23.9 Å². The highest BCUT2D eigenvalue weighted by molar-refractivity contribution is 5.97. The predicted molar refractivity (Wildman–Crippen MR) is 113 cm³/mol. The Morgan fingerprint density at radius 3 is 2.43 bits per heavy atom. The number of methoxy groups -OCH3 is 2. The van der Waals surface area contributed by atoms with Gasteiger partial charge in [-0.25, -0.2) is 5.48 Å². The number of amides is 2. The molecule has 1 fully saturated rings. The summed E-state index contributed by atoms with van der Waals surface area (Å²) in [6.45, 7) is 4.15. The first-order valence-electron chi connectivity index (χ1n) is 10.0. The van der Waals surface area contributed by atoms with Gasteiger partial charge in [0.25, 0.3) is 0 Å². The Labute approximate surface area is 176 Å². The number of aryl methyl sites for hydroxylation is 1. The van der Waals surface area contributed by atoms with Gasteiger partial charge in [-0.1, -0.05) is 23.8 Å². The molecule has 1 heterocycles. The molecule has 0 aromatic heterocycles.